The second-order valence-electron chi connectivity index (χ2n) is 8.62. The molecule has 0 saturated carbocycles. The highest BCUT2D eigenvalue weighted by molar-refractivity contribution is 7.89. The molecule has 2 aromatic rings. The third-order valence-electron chi connectivity index (χ3n) is 6.17. The number of ether oxygens (including phenoxy) is 1. The number of nitrogens with two attached hydrogens (primary N) is 1. The number of sulfonamides is 2. The second kappa shape index (κ2) is 9.11. The molecule has 0 unspecified atom stereocenters. The number of primary sulfonamides is 1. The number of fused-ring (bicyclic) bond motifs is 1. The summed E-state index contributed by atoms with van der Waals surface area (Å²) in [6.45, 7) is 3.33. The Morgan fingerprint density at radius 1 is 0.969 bits per heavy atom. The van der Waals surface area contributed by atoms with Gasteiger partial charge >= 0.3 is 0 Å². The molecule has 8 nitrogen and oxygen atoms in total. The summed E-state index contributed by atoms with van der Waals surface area (Å²) in [4.78, 5) is 2.23. The van der Waals surface area contributed by atoms with Gasteiger partial charge in [-0.25, -0.2) is 26.3 Å². The van der Waals surface area contributed by atoms with Crippen molar-refractivity contribution in [3.05, 3.63) is 59.2 Å². The molecule has 0 spiro atoms. The number of benzene rings is 2. The van der Waals surface area contributed by atoms with Gasteiger partial charge in [-0.3, -0.25) is 4.90 Å². The van der Waals surface area contributed by atoms with Gasteiger partial charge in [-0.1, -0.05) is 36.4 Å². The fraction of sp³-hybridized carbons (Fsp3) is 0.455. The summed E-state index contributed by atoms with van der Waals surface area (Å²) in [7, 11) is -7.15. The fourth-order valence-electron chi connectivity index (χ4n) is 4.44. The van der Waals surface area contributed by atoms with Crippen LogP contribution in [0.4, 0.5) is 0 Å². The predicted octanol–water partition coefficient (Wildman–Crippen LogP) is 1.90. The van der Waals surface area contributed by atoms with Crippen molar-refractivity contribution in [1.29, 1.82) is 0 Å². The van der Waals surface area contributed by atoms with E-state index in [2.05, 4.69) is 17.0 Å². The zero-order valence-corrected chi connectivity index (χ0v) is 19.7. The Bertz CT molecular complexity index is 1160. The summed E-state index contributed by atoms with van der Waals surface area (Å²) in [5.74, 6) is 0.446. The Morgan fingerprint density at radius 2 is 1.59 bits per heavy atom. The Hall–Kier alpha value is -1.98. The van der Waals surface area contributed by atoms with Crippen LogP contribution in [0.25, 0.3) is 0 Å². The van der Waals surface area contributed by atoms with Crippen molar-refractivity contribution >= 4 is 20.0 Å². The summed E-state index contributed by atoms with van der Waals surface area (Å²) in [5, 5.41) is 5.48. The third kappa shape index (κ3) is 5.32. The predicted molar refractivity (Wildman–Crippen MR) is 122 cm³/mol. The van der Waals surface area contributed by atoms with Crippen molar-refractivity contribution in [2.24, 2.45) is 11.1 Å². The molecular formula is C22H29N3O5S2. The van der Waals surface area contributed by atoms with Crippen LogP contribution in [0, 0.1) is 5.92 Å². The van der Waals surface area contributed by atoms with E-state index in [9.17, 15) is 16.8 Å². The number of hydrogen-bond acceptors (Lipinski definition) is 6. The van der Waals surface area contributed by atoms with E-state index in [1.807, 2.05) is 18.2 Å². The molecule has 0 radical (unpaired) electrons. The maximum atomic E-state index is 12.2. The lowest BCUT2D eigenvalue weighted by molar-refractivity contribution is 0.179. The minimum atomic E-state index is -3.96. The zero-order valence-electron chi connectivity index (χ0n) is 18.1. The maximum Gasteiger partial charge on any atom is 0.241 e. The van der Waals surface area contributed by atoms with E-state index in [1.54, 1.807) is 6.07 Å². The van der Waals surface area contributed by atoms with Crippen LogP contribution in [-0.2, 0) is 39.7 Å². The molecule has 174 valence electrons. The van der Waals surface area contributed by atoms with Crippen molar-refractivity contribution < 1.29 is 21.6 Å². The summed E-state index contributed by atoms with van der Waals surface area (Å²) in [5.41, 5.74) is 3.32. The number of rotatable bonds is 7. The van der Waals surface area contributed by atoms with Gasteiger partial charge in [0.25, 0.3) is 0 Å². The van der Waals surface area contributed by atoms with Gasteiger partial charge in [-0.05, 0) is 36.0 Å². The normalized spacial score (nSPS) is 18.6. The fourth-order valence-corrected chi connectivity index (χ4v) is 6.03. The molecule has 32 heavy (non-hydrogen) atoms. The van der Waals surface area contributed by atoms with E-state index in [0.29, 0.717) is 44.8 Å². The molecule has 0 amide bonds. The third-order valence-corrected chi connectivity index (χ3v) is 8.41. The van der Waals surface area contributed by atoms with Crippen LogP contribution in [0.2, 0.25) is 0 Å². The minimum Gasteiger partial charge on any atom is -0.492 e. The number of hydrogen-bond donors (Lipinski definition) is 1. The van der Waals surface area contributed by atoms with Crippen LogP contribution in [0.5, 0.6) is 5.75 Å². The SMILES string of the molecule is CS(=O)(=O)N1CCC(COc2c(CN3Cc4ccccc4C3)cccc2S(N)(=O)=O)CC1. The van der Waals surface area contributed by atoms with Gasteiger partial charge in [-0.2, -0.15) is 0 Å². The molecule has 0 bridgehead atoms. The van der Waals surface area contributed by atoms with Crippen molar-refractivity contribution in [2.45, 2.75) is 37.4 Å². The highest BCUT2D eigenvalue weighted by Crippen LogP contribution is 2.32. The molecular weight excluding hydrogens is 450 g/mol. The van der Waals surface area contributed by atoms with Gasteiger partial charge in [0.2, 0.25) is 20.0 Å². The van der Waals surface area contributed by atoms with Crippen LogP contribution in [0.15, 0.2) is 47.4 Å². The van der Waals surface area contributed by atoms with Crippen molar-refractivity contribution in [3.8, 4) is 5.75 Å². The van der Waals surface area contributed by atoms with E-state index in [0.717, 1.165) is 18.7 Å². The highest BCUT2D eigenvalue weighted by atomic mass is 32.2. The molecule has 2 aliphatic heterocycles. The van der Waals surface area contributed by atoms with Crippen LogP contribution in [0.3, 0.4) is 0 Å². The van der Waals surface area contributed by atoms with E-state index in [1.165, 1.54) is 27.8 Å². The summed E-state index contributed by atoms with van der Waals surface area (Å²) in [6, 6.07) is 13.3. The average Bonchev–Trinajstić information content (AvgIpc) is 3.14. The first-order valence-electron chi connectivity index (χ1n) is 10.6. The van der Waals surface area contributed by atoms with Gasteiger partial charge in [0.05, 0.1) is 12.9 Å². The topological polar surface area (TPSA) is 110 Å². The van der Waals surface area contributed by atoms with E-state index in [4.69, 9.17) is 9.88 Å². The Morgan fingerprint density at radius 3 is 2.16 bits per heavy atom. The standard InChI is InChI=1S/C22H29N3O5S2/c1-31(26,27)25-11-9-17(10-12-25)16-30-22-20(7-4-8-21(22)32(23,28)29)15-24-13-18-5-2-3-6-19(18)14-24/h2-8,17H,9-16H2,1H3,(H2,23,28,29). The molecule has 0 atom stereocenters. The lowest BCUT2D eigenvalue weighted by Crippen LogP contribution is -2.39. The van der Waals surface area contributed by atoms with E-state index < -0.39 is 20.0 Å². The smallest absolute Gasteiger partial charge is 0.241 e. The van der Waals surface area contributed by atoms with Crippen LogP contribution in [-0.4, -0.2) is 52.0 Å². The Kier molecular flexibility index (Phi) is 6.60. The van der Waals surface area contributed by atoms with Crippen molar-refractivity contribution in [1.82, 2.24) is 9.21 Å². The second-order valence-corrected chi connectivity index (χ2v) is 12.1. The van der Waals surface area contributed by atoms with Gasteiger partial charge in [0, 0.05) is 38.3 Å². The lowest BCUT2D eigenvalue weighted by Gasteiger charge is -2.30. The molecule has 0 aromatic heterocycles. The largest absolute Gasteiger partial charge is 0.492 e. The molecule has 2 N–H and O–H groups in total. The monoisotopic (exact) mass is 479 g/mol. The molecule has 1 fully saturated rings. The van der Waals surface area contributed by atoms with Gasteiger partial charge in [0.15, 0.2) is 0 Å². The summed E-state index contributed by atoms with van der Waals surface area (Å²) in [6.07, 6.45) is 2.55. The van der Waals surface area contributed by atoms with Crippen LogP contribution < -0.4 is 9.88 Å². The van der Waals surface area contributed by atoms with Crippen molar-refractivity contribution in [2.75, 3.05) is 26.0 Å². The molecule has 10 heteroatoms. The maximum absolute atomic E-state index is 12.2. The Balaban J connectivity index is 1.49. The zero-order chi connectivity index (χ0) is 22.9. The van der Waals surface area contributed by atoms with Gasteiger partial charge < -0.3 is 4.74 Å². The molecule has 4 rings (SSSR count). The number of para-hydroxylation sites is 1. The molecule has 2 aromatic carbocycles. The lowest BCUT2D eigenvalue weighted by atomic mass is 9.99. The van der Waals surface area contributed by atoms with Crippen LogP contribution in [0.1, 0.15) is 29.5 Å². The quantitative estimate of drug-likeness (QED) is 0.650. The number of piperidine rings is 1. The first-order valence-corrected chi connectivity index (χ1v) is 14.0. The van der Waals surface area contributed by atoms with Gasteiger partial charge in [0.1, 0.15) is 10.6 Å². The van der Waals surface area contributed by atoms with E-state index in [-0.39, 0.29) is 10.8 Å². The molecule has 2 heterocycles. The summed E-state index contributed by atoms with van der Waals surface area (Å²) >= 11 is 0. The molecule has 2 aliphatic rings. The highest BCUT2D eigenvalue weighted by Gasteiger charge is 2.27. The minimum absolute atomic E-state index is 0.0136. The first kappa shape index (κ1) is 23.2. The molecule has 0 aliphatic carbocycles. The molecule has 1 saturated heterocycles. The average molecular weight is 480 g/mol. The number of nitrogens with zero attached hydrogens (tertiary/aromatic N) is 2. The van der Waals surface area contributed by atoms with Crippen LogP contribution >= 0.6 is 0 Å². The van der Waals surface area contributed by atoms with E-state index >= 15 is 0 Å². The van der Waals surface area contributed by atoms with Crippen molar-refractivity contribution in [3.63, 3.8) is 0 Å². The summed E-state index contributed by atoms with van der Waals surface area (Å²) < 4.78 is 55.5. The first-order chi connectivity index (χ1) is 15.1. The van der Waals surface area contributed by atoms with Gasteiger partial charge in [-0.15, -0.1) is 0 Å². The Labute approximate surface area is 190 Å².